The van der Waals surface area contributed by atoms with Gasteiger partial charge in [0.2, 0.25) is 5.91 Å². The summed E-state index contributed by atoms with van der Waals surface area (Å²) in [5, 5.41) is 6.45. The van der Waals surface area contributed by atoms with E-state index in [1.54, 1.807) is 0 Å². The molecule has 1 aromatic carbocycles. The smallest absolute Gasteiger partial charge is 0.242 e. The molecule has 3 nitrogen and oxygen atoms in total. The lowest BCUT2D eigenvalue weighted by Crippen LogP contribution is -2.45. The zero-order valence-electron chi connectivity index (χ0n) is 11.2. The first-order chi connectivity index (χ1) is 8.74. The molecule has 0 aromatic heterocycles. The highest BCUT2D eigenvalue weighted by Gasteiger charge is 2.24. The first kappa shape index (κ1) is 12.9. The van der Waals surface area contributed by atoms with Gasteiger partial charge in [-0.15, -0.1) is 0 Å². The van der Waals surface area contributed by atoms with E-state index in [-0.39, 0.29) is 11.9 Å². The fraction of sp³-hybridized carbons (Fsp3) is 0.533. The summed E-state index contributed by atoms with van der Waals surface area (Å²) < 4.78 is 0. The van der Waals surface area contributed by atoms with Gasteiger partial charge in [-0.1, -0.05) is 32.0 Å². The molecule has 98 valence electrons. The van der Waals surface area contributed by atoms with E-state index in [4.69, 9.17) is 0 Å². The van der Waals surface area contributed by atoms with Gasteiger partial charge in [0.25, 0.3) is 0 Å². The van der Waals surface area contributed by atoms with E-state index in [0.29, 0.717) is 6.04 Å². The summed E-state index contributed by atoms with van der Waals surface area (Å²) in [5.74, 6) is 0.137. The van der Waals surface area contributed by atoms with Crippen molar-refractivity contribution in [2.75, 3.05) is 5.32 Å². The lowest BCUT2D eigenvalue weighted by atomic mass is 9.97. The van der Waals surface area contributed by atoms with Crippen LogP contribution in [0.2, 0.25) is 0 Å². The third-order valence-electron chi connectivity index (χ3n) is 3.70. The Morgan fingerprint density at radius 1 is 1.39 bits per heavy atom. The van der Waals surface area contributed by atoms with Gasteiger partial charge in [-0.25, -0.2) is 0 Å². The molecule has 2 rings (SSSR count). The minimum atomic E-state index is -0.0829. The van der Waals surface area contributed by atoms with Gasteiger partial charge in [0.15, 0.2) is 0 Å². The second-order valence-corrected chi connectivity index (χ2v) is 4.91. The predicted octanol–water partition coefficient (Wildman–Crippen LogP) is 2.72. The maximum absolute atomic E-state index is 12.2. The minimum Gasteiger partial charge on any atom is -0.373 e. The lowest BCUT2D eigenvalue weighted by Gasteiger charge is -2.27. The summed E-state index contributed by atoms with van der Waals surface area (Å²) in [7, 11) is 0. The molecule has 18 heavy (non-hydrogen) atoms. The maximum Gasteiger partial charge on any atom is 0.242 e. The van der Waals surface area contributed by atoms with Gasteiger partial charge in [-0.05, 0) is 37.3 Å². The number of nitrogens with one attached hydrogen (secondary N) is 2. The molecule has 1 aromatic rings. The zero-order valence-corrected chi connectivity index (χ0v) is 11.2. The van der Waals surface area contributed by atoms with Crippen LogP contribution in [-0.4, -0.2) is 18.0 Å². The molecule has 0 saturated carbocycles. The first-order valence-electron chi connectivity index (χ1n) is 6.89. The Labute approximate surface area is 109 Å². The van der Waals surface area contributed by atoms with Gasteiger partial charge in [-0.3, -0.25) is 4.79 Å². The molecule has 1 amide bonds. The molecule has 1 heterocycles. The number of hydrogen-bond donors (Lipinski definition) is 2. The van der Waals surface area contributed by atoms with Crippen LogP contribution in [0.25, 0.3) is 0 Å². The first-order valence-corrected chi connectivity index (χ1v) is 6.89. The fourth-order valence-electron chi connectivity index (χ4n) is 2.43. The third-order valence-corrected chi connectivity index (χ3v) is 3.70. The summed E-state index contributed by atoms with van der Waals surface area (Å²) in [6.45, 7) is 4.22. The van der Waals surface area contributed by atoms with E-state index in [2.05, 4.69) is 30.5 Å². The van der Waals surface area contributed by atoms with Crippen molar-refractivity contribution in [3.63, 3.8) is 0 Å². The van der Waals surface area contributed by atoms with Crippen LogP contribution >= 0.6 is 0 Å². The Morgan fingerprint density at radius 2 is 2.11 bits per heavy atom. The standard InChI is InChI=1S/C15H22N2O/c1-3-12(4-2)16-15(18)14-10-9-11-7-5-6-8-13(11)17-14/h5-8,12,14,17H,3-4,9-10H2,1-2H3,(H,16,18). The molecule has 1 unspecified atom stereocenters. The number of amides is 1. The number of benzene rings is 1. The Morgan fingerprint density at radius 3 is 2.83 bits per heavy atom. The quantitative estimate of drug-likeness (QED) is 0.857. The topological polar surface area (TPSA) is 41.1 Å². The summed E-state index contributed by atoms with van der Waals surface area (Å²) in [6, 6.07) is 8.44. The van der Waals surface area contributed by atoms with E-state index in [1.165, 1.54) is 5.56 Å². The number of anilines is 1. The highest BCUT2D eigenvalue weighted by molar-refractivity contribution is 5.85. The van der Waals surface area contributed by atoms with Crippen LogP contribution in [-0.2, 0) is 11.2 Å². The third kappa shape index (κ3) is 2.84. The van der Waals surface area contributed by atoms with E-state index in [9.17, 15) is 4.79 Å². The maximum atomic E-state index is 12.2. The van der Waals surface area contributed by atoms with Crippen LogP contribution < -0.4 is 10.6 Å². The van der Waals surface area contributed by atoms with Crippen molar-refractivity contribution in [3.8, 4) is 0 Å². The average Bonchev–Trinajstić information content (AvgIpc) is 2.44. The lowest BCUT2D eigenvalue weighted by molar-refractivity contribution is -0.122. The molecule has 1 aliphatic heterocycles. The normalized spacial score (nSPS) is 18.1. The van der Waals surface area contributed by atoms with Crippen molar-refractivity contribution in [2.24, 2.45) is 0 Å². The van der Waals surface area contributed by atoms with Gasteiger partial charge >= 0.3 is 0 Å². The van der Waals surface area contributed by atoms with Crippen molar-refractivity contribution in [1.29, 1.82) is 0 Å². The number of hydrogen-bond acceptors (Lipinski definition) is 2. The van der Waals surface area contributed by atoms with Crippen molar-refractivity contribution in [1.82, 2.24) is 5.32 Å². The Bertz CT molecular complexity index is 413. The van der Waals surface area contributed by atoms with Crippen molar-refractivity contribution in [3.05, 3.63) is 29.8 Å². The largest absolute Gasteiger partial charge is 0.373 e. The van der Waals surface area contributed by atoms with Crippen LogP contribution in [0, 0.1) is 0 Å². The van der Waals surface area contributed by atoms with Crippen LogP contribution in [0.15, 0.2) is 24.3 Å². The Balaban J connectivity index is 1.98. The van der Waals surface area contributed by atoms with E-state index in [0.717, 1.165) is 31.4 Å². The molecule has 0 radical (unpaired) electrons. The molecular formula is C15H22N2O. The zero-order chi connectivity index (χ0) is 13.0. The molecule has 3 heteroatoms. The highest BCUT2D eigenvalue weighted by Crippen LogP contribution is 2.24. The molecule has 1 atom stereocenters. The minimum absolute atomic E-state index is 0.0829. The molecule has 0 spiro atoms. The molecule has 0 fully saturated rings. The SMILES string of the molecule is CCC(CC)NC(=O)C1CCc2ccccc2N1. The summed E-state index contributed by atoms with van der Waals surface area (Å²) >= 11 is 0. The number of para-hydroxylation sites is 1. The average molecular weight is 246 g/mol. The van der Waals surface area contributed by atoms with Gasteiger partial charge in [0.1, 0.15) is 6.04 Å². The van der Waals surface area contributed by atoms with Crippen molar-refractivity contribution < 1.29 is 4.79 Å². The summed E-state index contributed by atoms with van der Waals surface area (Å²) in [5.41, 5.74) is 2.41. The van der Waals surface area contributed by atoms with Crippen LogP contribution in [0.3, 0.4) is 0 Å². The fourth-order valence-corrected chi connectivity index (χ4v) is 2.43. The van der Waals surface area contributed by atoms with E-state index < -0.39 is 0 Å². The number of carbonyl (C=O) groups excluding carboxylic acids is 1. The van der Waals surface area contributed by atoms with Crippen LogP contribution in [0.4, 0.5) is 5.69 Å². The van der Waals surface area contributed by atoms with Gasteiger partial charge in [-0.2, -0.15) is 0 Å². The predicted molar refractivity (Wildman–Crippen MR) is 74.7 cm³/mol. The van der Waals surface area contributed by atoms with E-state index >= 15 is 0 Å². The van der Waals surface area contributed by atoms with Crippen LogP contribution in [0.5, 0.6) is 0 Å². The summed E-state index contributed by atoms with van der Waals surface area (Å²) in [4.78, 5) is 12.2. The second kappa shape index (κ2) is 5.89. The second-order valence-electron chi connectivity index (χ2n) is 4.91. The molecule has 1 aliphatic rings. The van der Waals surface area contributed by atoms with Crippen molar-refractivity contribution >= 4 is 11.6 Å². The molecular weight excluding hydrogens is 224 g/mol. The van der Waals surface area contributed by atoms with Gasteiger partial charge in [0, 0.05) is 11.7 Å². The van der Waals surface area contributed by atoms with Crippen molar-refractivity contribution in [2.45, 2.75) is 51.6 Å². The summed E-state index contributed by atoms with van der Waals surface area (Å²) in [6.07, 6.45) is 3.84. The molecule has 0 bridgehead atoms. The number of carbonyl (C=O) groups is 1. The number of rotatable bonds is 4. The molecule has 0 aliphatic carbocycles. The Hall–Kier alpha value is -1.51. The molecule has 2 N–H and O–H groups in total. The monoisotopic (exact) mass is 246 g/mol. The molecule has 0 saturated heterocycles. The van der Waals surface area contributed by atoms with Gasteiger partial charge in [0.05, 0.1) is 0 Å². The number of fused-ring (bicyclic) bond motifs is 1. The number of aryl methyl sites for hydroxylation is 1. The van der Waals surface area contributed by atoms with E-state index in [1.807, 2.05) is 18.2 Å². The van der Waals surface area contributed by atoms with Crippen LogP contribution in [0.1, 0.15) is 38.7 Å². The van der Waals surface area contributed by atoms with Gasteiger partial charge < -0.3 is 10.6 Å². The Kier molecular flexibility index (Phi) is 4.24. The highest BCUT2D eigenvalue weighted by atomic mass is 16.2.